The van der Waals surface area contributed by atoms with E-state index in [1.165, 1.54) is 4.68 Å². The highest BCUT2D eigenvalue weighted by molar-refractivity contribution is 5.96. The Morgan fingerprint density at radius 1 is 1.03 bits per heavy atom. The van der Waals surface area contributed by atoms with E-state index in [1.807, 2.05) is 0 Å². The molecular weight excluding hydrogens is 384 g/mol. The van der Waals surface area contributed by atoms with Gasteiger partial charge in [-0.3, -0.25) is 14.3 Å². The van der Waals surface area contributed by atoms with Gasteiger partial charge in [-0.15, -0.1) is 0 Å². The fraction of sp³-hybridized carbons (Fsp3) is 0.150. The lowest BCUT2D eigenvalue weighted by Gasteiger charge is -2.07. The van der Waals surface area contributed by atoms with Gasteiger partial charge in [-0.05, 0) is 31.2 Å². The predicted octanol–water partition coefficient (Wildman–Crippen LogP) is 2.56. The number of esters is 1. The van der Waals surface area contributed by atoms with E-state index in [1.54, 1.807) is 49.0 Å². The van der Waals surface area contributed by atoms with Crippen molar-refractivity contribution in [2.24, 2.45) is 7.05 Å². The molecule has 0 aliphatic carbocycles. The summed E-state index contributed by atoms with van der Waals surface area (Å²) in [5.41, 5.74) is -0.281. The Labute approximate surface area is 164 Å². The van der Waals surface area contributed by atoms with Crippen LogP contribution in [-0.4, -0.2) is 27.8 Å². The molecular formula is C20H17F2N3O4. The third kappa shape index (κ3) is 3.93. The third-order valence-electron chi connectivity index (χ3n) is 4.32. The molecule has 1 amide bonds. The quantitative estimate of drug-likeness (QED) is 0.667. The number of para-hydroxylation sites is 1. The lowest BCUT2D eigenvalue weighted by molar-refractivity contribution is -0.119. The summed E-state index contributed by atoms with van der Waals surface area (Å²) < 4.78 is 34.8. The number of nitrogens with zero attached hydrogens (tertiary/aromatic N) is 2. The van der Waals surface area contributed by atoms with Crippen LogP contribution in [0.2, 0.25) is 0 Å². The van der Waals surface area contributed by atoms with Crippen LogP contribution in [0.4, 0.5) is 14.5 Å². The van der Waals surface area contributed by atoms with E-state index in [-0.39, 0.29) is 5.69 Å². The van der Waals surface area contributed by atoms with Crippen LogP contribution in [0.3, 0.4) is 0 Å². The second-order valence-electron chi connectivity index (χ2n) is 6.16. The SMILES string of the molecule is Cc1c(NC(=O)COC(=O)c2c(F)cccc2F)c(=O)n(-c2ccccc2)n1C. The lowest BCUT2D eigenvalue weighted by Crippen LogP contribution is -2.26. The van der Waals surface area contributed by atoms with Gasteiger partial charge in [0.2, 0.25) is 0 Å². The van der Waals surface area contributed by atoms with Crippen LogP contribution in [0.5, 0.6) is 0 Å². The van der Waals surface area contributed by atoms with Crippen molar-refractivity contribution in [2.75, 3.05) is 11.9 Å². The van der Waals surface area contributed by atoms with Crippen LogP contribution in [0.25, 0.3) is 5.69 Å². The first kappa shape index (κ1) is 20.0. The van der Waals surface area contributed by atoms with Crippen LogP contribution in [0.15, 0.2) is 53.3 Å². The molecule has 1 aromatic heterocycles. The molecule has 150 valence electrons. The van der Waals surface area contributed by atoms with Crippen LogP contribution in [0.1, 0.15) is 16.1 Å². The van der Waals surface area contributed by atoms with Gasteiger partial charge in [-0.2, -0.15) is 0 Å². The summed E-state index contributed by atoms with van der Waals surface area (Å²) in [5.74, 6) is -4.33. The van der Waals surface area contributed by atoms with Crippen molar-refractivity contribution in [2.45, 2.75) is 6.92 Å². The zero-order chi connectivity index (χ0) is 21.1. The van der Waals surface area contributed by atoms with Gasteiger partial charge in [0, 0.05) is 7.05 Å². The summed E-state index contributed by atoms with van der Waals surface area (Å²) in [6, 6.07) is 11.7. The number of hydrogen-bond acceptors (Lipinski definition) is 4. The Balaban J connectivity index is 1.75. The van der Waals surface area contributed by atoms with Crippen molar-refractivity contribution in [3.63, 3.8) is 0 Å². The number of rotatable bonds is 5. The standard InChI is InChI=1S/C20H17F2N3O4/c1-12-18(19(27)25(24(12)2)13-7-4-3-5-8-13)23-16(26)11-29-20(28)17-14(21)9-6-10-15(17)22/h3-10H,11H2,1-2H3,(H,23,26). The van der Waals surface area contributed by atoms with Crippen LogP contribution >= 0.6 is 0 Å². The van der Waals surface area contributed by atoms with Crippen molar-refractivity contribution in [3.8, 4) is 5.69 Å². The molecule has 0 spiro atoms. The summed E-state index contributed by atoms with van der Waals surface area (Å²) in [5, 5.41) is 2.39. The number of halogens is 2. The zero-order valence-corrected chi connectivity index (χ0v) is 15.6. The second-order valence-corrected chi connectivity index (χ2v) is 6.16. The fourth-order valence-corrected chi connectivity index (χ4v) is 2.78. The summed E-state index contributed by atoms with van der Waals surface area (Å²) in [4.78, 5) is 36.7. The first-order valence-electron chi connectivity index (χ1n) is 8.56. The van der Waals surface area contributed by atoms with Crippen molar-refractivity contribution >= 4 is 17.6 Å². The minimum atomic E-state index is -1.32. The molecule has 2 aromatic carbocycles. The Kier molecular flexibility index (Phi) is 5.58. The third-order valence-corrected chi connectivity index (χ3v) is 4.32. The number of ether oxygens (including phenoxy) is 1. The van der Waals surface area contributed by atoms with Crippen LogP contribution in [-0.2, 0) is 16.6 Å². The molecule has 0 saturated heterocycles. The fourth-order valence-electron chi connectivity index (χ4n) is 2.78. The zero-order valence-electron chi connectivity index (χ0n) is 15.6. The molecule has 0 unspecified atom stereocenters. The highest BCUT2D eigenvalue weighted by atomic mass is 19.1. The van der Waals surface area contributed by atoms with E-state index in [2.05, 4.69) is 10.1 Å². The van der Waals surface area contributed by atoms with Crippen molar-refractivity contribution in [1.82, 2.24) is 9.36 Å². The van der Waals surface area contributed by atoms with Crippen molar-refractivity contribution in [1.29, 1.82) is 0 Å². The largest absolute Gasteiger partial charge is 0.452 e. The normalized spacial score (nSPS) is 10.6. The highest BCUT2D eigenvalue weighted by Crippen LogP contribution is 2.15. The molecule has 0 aliphatic heterocycles. The molecule has 0 aliphatic rings. The van der Waals surface area contributed by atoms with Crippen LogP contribution in [0, 0.1) is 18.6 Å². The van der Waals surface area contributed by atoms with E-state index in [4.69, 9.17) is 0 Å². The van der Waals surface area contributed by atoms with Gasteiger partial charge >= 0.3 is 5.97 Å². The molecule has 3 rings (SSSR count). The Bertz CT molecular complexity index is 1120. The number of amides is 1. The number of hydrogen-bond donors (Lipinski definition) is 1. The van der Waals surface area contributed by atoms with Gasteiger partial charge in [-0.1, -0.05) is 24.3 Å². The number of anilines is 1. The maximum absolute atomic E-state index is 13.6. The topological polar surface area (TPSA) is 82.3 Å². The minimum Gasteiger partial charge on any atom is -0.452 e. The van der Waals surface area contributed by atoms with Crippen molar-refractivity contribution in [3.05, 3.63) is 81.8 Å². The molecule has 1 heterocycles. The second kappa shape index (κ2) is 8.09. The van der Waals surface area contributed by atoms with E-state index < -0.39 is 41.2 Å². The molecule has 0 fully saturated rings. The molecule has 0 atom stereocenters. The number of nitrogens with one attached hydrogen (secondary N) is 1. The first-order valence-corrected chi connectivity index (χ1v) is 8.56. The Morgan fingerprint density at radius 2 is 1.66 bits per heavy atom. The van der Waals surface area contributed by atoms with Crippen molar-refractivity contribution < 1.29 is 23.1 Å². The Hall–Kier alpha value is -3.75. The van der Waals surface area contributed by atoms with Gasteiger partial charge in [0.05, 0.1) is 11.4 Å². The summed E-state index contributed by atoms with van der Waals surface area (Å²) >= 11 is 0. The molecule has 0 saturated carbocycles. The summed E-state index contributed by atoms with van der Waals surface area (Å²) in [6.45, 7) is 0.822. The van der Waals surface area contributed by atoms with Crippen LogP contribution < -0.4 is 10.9 Å². The van der Waals surface area contributed by atoms with Gasteiger partial charge in [-0.25, -0.2) is 18.3 Å². The van der Waals surface area contributed by atoms with Gasteiger partial charge in [0.1, 0.15) is 22.9 Å². The van der Waals surface area contributed by atoms with E-state index in [0.29, 0.717) is 11.4 Å². The van der Waals surface area contributed by atoms with Gasteiger partial charge < -0.3 is 10.1 Å². The number of carbonyl (C=O) groups is 2. The summed E-state index contributed by atoms with van der Waals surface area (Å²) in [7, 11) is 1.65. The van der Waals surface area contributed by atoms with E-state index >= 15 is 0 Å². The first-order chi connectivity index (χ1) is 13.8. The molecule has 0 bridgehead atoms. The highest BCUT2D eigenvalue weighted by Gasteiger charge is 2.21. The lowest BCUT2D eigenvalue weighted by atomic mass is 10.2. The molecule has 0 radical (unpaired) electrons. The monoisotopic (exact) mass is 401 g/mol. The number of carbonyl (C=O) groups excluding carboxylic acids is 2. The average molecular weight is 401 g/mol. The van der Waals surface area contributed by atoms with Gasteiger partial charge in [0.25, 0.3) is 11.5 Å². The number of benzene rings is 2. The van der Waals surface area contributed by atoms with Gasteiger partial charge in [0.15, 0.2) is 6.61 Å². The molecule has 9 heteroatoms. The maximum atomic E-state index is 13.6. The number of aromatic nitrogens is 2. The summed E-state index contributed by atoms with van der Waals surface area (Å²) in [6.07, 6.45) is 0. The van der Waals surface area contributed by atoms with E-state index in [0.717, 1.165) is 18.2 Å². The molecule has 29 heavy (non-hydrogen) atoms. The average Bonchev–Trinajstić information content (AvgIpc) is 2.90. The predicted molar refractivity (Wildman–Crippen MR) is 101 cm³/mol. The molecule has 7 nitrogen and oxygen atoms in total. The minimum absolute atomic E-state index is 0.00877. The van der Waals surface area contributed by atoms with E-state index in [9.17, 15) is 23.2 Å². The smallest absolute Gasteiger partial charge is 0.344 e. The Morgan fingerprint density at radius 3 is 2.28 bits per heavy atom. The molecule has 1 N–H and O–H groups in total. The molecule has 3 aromatic rings. The maximum Gasteiger partial charge on any atom is 0.344 e.